The fraction of sp³-hybridized carbons (Fsp3) is 0.429. The number of nitrogens with one attached hydrogen (secondary N) is 1. The van der Waals surface area contributed by atoms with Gasteiger partial charge in [0.05, 0.1) is 0 Å². The van der Waals surface area contributed by atoms with Crippen LogP contribution in [0.2, 0.25) is 5.02 Å². The summed E-state index contributed by atoms with van der Waals surface area (Å²) in [5.41, 5.74) is 11.2. The van der Waals surface area contributed by atoms with Gasteiger partial charge in [0.2, 0.25) is 5.96 Å². The Morgan fingerprint density at radius 1 is 1.36 bits per heavy atom. The maximum Gasteiger partial charge on any atom is 0.240 e. The van der Waals surface area contributed by atoms with Crippen LogP contribution in [0.15, 0.2) is 34.3 Å². The van der Waals surface area contributed by atoms with Crippen molar-refractivity contribution in [2.75, 3.05) is 12.4 Å². The summed E-state index contributed by atoms with van der Waals surface area (Å²) in [5, 5.41) is 12.0. The van der Waals surface area contributed by atoms with Gasteiger partial charge in [-0.2, -0.15) is 0 Å². The molecule has 0 unspecified atom stereocenters. The highest BCUT2D eigenvalue weighted by Crippen LogP contribution is 2.20. The van der Waals surface area contributed by atoms with Crippen molar-refractivity contribution in [3.63, 3.8) is 0 Å². The quantitative estimate of drug-likeness (QED) is 0.232. The van der Waals surface area contributed by atoms with Gasteiger partial charge in [-0.25, -0.2) is 0 Å². The van der Waals surface area contributed by atoms with Crippen molar-refractivity contribution in [1.82, 2.24) is 4.90 Å². The Morgan fingerprint density at radius 2 is 2.00 bits per heavy atom. The second-order valence-corrected chi connectivity index (χ2v) is 6.39. The summed E-state index contributed by atoms with van der Waals surface area (Å²) in [5.74, 6) is 0.837. The molecule has 1 rings (SSSR count). The van der Waals surface area contributed by atoms with Gasteiger partial charge in [-0.1, -0.05) is 11.6 Å². The third kappa shape index (κ3) is 6.44. The lowest BCUT2D eigenvalue weighted by Gasteiger charge is -2.24. The first-order chi connectivity index (χ1) is 10.4. The molecule has 0 fully saturated rings. The normalized spacial score (nSPS) is 11.5. The highest BCUT2D eigenvalue weighted by Gasteiger charge is 2.15. The minimum atomic E-state index is -0.154. The van der Waals surface area contributed by atoms with Gasteiger partial charge in [0.15, 0.2) is 5.96 Å². The monoisotopic (exact) mass is 343 g/mol. The molecule has 0 aromatic heterocycles. The molecule has 0 saturated carbocycles. The van der Waals surface area contributed by atoms with Crippen LogP contribution in [0.5, 0.6) is 0 Å². The van der Waals surface area contributed by atoms with Crippen LogP contribution in [0.3, 0.4) is 0 Å². The van der Waals surface area contributed by atoms with E-state index in [2.05, 4.69) is 5.16 Å². The average Bonchev–Trinajstić information content (AvgIpc) is 2.43. The van der Waals surface area contributed by atoms with Crippen LogP contribution in [0.1, 0.15) is 20.3 Å². The van der Waals surface area contributed by atoms with E-state index in [1.165, 1.54) is 4.90 Å². The van der Waals surface area contributed by atoms with Gasteiger partial charge in [-0.15, -0.1) is 11.8 Å². The van der Waals surface area contributed by atoms with Crippen molar-refractivity contribution in [1.29, 1.82) is 5.41 Å². The van der Waals surface area contributed by atoms with Crippen LogP contribution < -0.4 is 11.5 Å². The van der Waals surface area contributed by atoms with Crippen molar-refractivity contribution >= 4 is 35.3 Å². The number of nitrogens with zero attached hydrogens (tertiary/aromatic N) is 2. The van der Waals surface area contributed by atoms with Crippen molar-refractivity contribution in [3.05, 3.63) is 29.3 Å². The molecule has 0 heterocycles. The third-order valence-electron chi connectivity index (χ3n) is 2.64. The number of oxime groups is 1. The number of rotatable bonds is 7. The maximum atomic E-state index is 7.44. The van der Waals surface area contributed by atoms with Crippen molar-refractivity contribution in [3.8, 4) is 0 Å². The highest BCUT2D eigenvalue weighted by molar-refractivity contribution is 7.99. The van der Waals surface area contributed by atoms with E-state index in [1.54, 1.807) is 11.8 Å². The molecule has 0 bridgehead atoms. The molecule has 122 valence electrons. The lowest BCUT2D eigenvalue weighted by Crippen LogP contribution is -2.49. The molecule has 0 spiro atoms. The first kappa shape index (κ1) is 18.4. The Kier molecular flexibility index (Phi) is 7.90. The number of guanidine groups is 2. The minimum Gasteiger partial charge on any atom is -0.393 e. The molecular weight excluding hydrogens is 322 g/mol. The molecular formula is C14H22ClN5OS. The molecule has 0 atom stereocenters. The zero-order valence-electron chi connectivity index (χ0n) is 12.8. The van der Waals surface area contributed by atoms with E-state index < -0.39 is 0 Å². The summed E-state index contributed by atoms with van der Waals surface area (Å²) in [4.78, 5) is 7.72. The SMILES string of the molecule is CC(C)N(C(=N)N)C(N)=NOCCCSc1ccc(Cl)cc1. The number of thioether (sulfide) groups is 1. The minimum absolute atomic E-state index is 0.0506. The summed E-state index contributed by atoms with van der Waals surface area (Å²) in [7, 11) is 0. The molecule has 1 aromatic rings. The first-order valence-electron chi connectivity index (χ1n) is 6.89. The van der Waals surface area contributed by atoms with E-state index >= 15 is 0 Å². The van der Waals surface area contributed by atoms with Crippen molar-refractivity contribution < 1.29 is 4.84 Å². The molecule has 0 saturated heterocycles. The van der Waals surface area contributed by atoms with Crippen LogP contribution >= 0.6 is 23.4 Å². The zero-order chi connectivity index (χ0) is 16.5. The highest BCUT2D eigenvalue weighted by atomic mass is 35.5. The van der Waals surface area contributed by atoms with Crippen LogP contribution in [0, 0.1) is 5.41 Å². The Hall–Kier alpha value is -1.60. The summed E-state index contributed by atoms with van der Waals surface area (Å²) < 4.78 is 0. The maximum absolute atomic E-state index is 7.44. The molecule has 8 heteroatoms. The Bertz CT molecular complexity index is 506. The van der Waals surface area contributed by atoms with Crippen LogP contribution in [0.4, 0.5) is 0 Å². The molecule has 5 N–H and O–H groups in total. The molecule has 0 radical (unpaired) electrons. The predicted octanol–water partition coefficient (Wildman–Crippen LogP) is 2.67. The van der Waals surface area contributed by atoms with E-state index in [-0.39, 0.29) is 18.0 Å². The largest absolute Gasteiger partial charge is 0.393 e. The fourth-order valence-corrected chi connectivity index (χ4v) is 2.62. The molecule has 6 nitrogen and oxygen atoms in total. The number of benzene rings is 1. The first-order valence-corrected chi connectivity index (χ1v) is 8.25. The van der Waals surface area contributed by atoms with E-state index in [4.69, 9.17) is 33.3 Å². The molecule has 0 aliphatic heterocycles. The van der Waals surface area contributed by atoms with Crippen molar-refractivity contribution in [2.24, 2.45) is 16.6 Å². The molecule has 0 aliphatic rings. The summed E-state index contributed by atoms with van der Waals surface area (Å²) in [6.07, 6.45) is 0.825. The average molecular weight is 344 g/mol. The Balaban J connectivity index is 2.27. The van der Waals surface area contributed by atoms with E-state index in [0.29, 0.717) is 6.61 Å². The van der Waals surface area contributed by atoms with Gasteiger partial charge in [0.25, 0.3) is 0 Å². The third-order valence-corrected chi connectivity index (χ3v) is 3.99. The van der Waals surface area contributed by atoms with Gasteiger partial charge in [0.1, 0.15) is 6.61 Å². The standard InChI is InChI=1S/C14H22ClN5OS/c1-10(2)20(13(16)17)14(18)19-21-8-3-9-22-12-6-4-11(15)5-7-12/h4-7,10H,3,8-9H2,1-2H3,(H3,16,17)(H2,18,19). The number of hydrogen-bond acceptors (Lipinski definition) is 4. The molecule has 0 aliphatic carbocycles. The Morgan fingerprint density at radius 3 is 2.55 bits per heavy atom. The zero-order valence-corrected chi connectivity index (χ0v) is 14.3. The Labute approximate surface area is 140 Å². The second kappa shape index (κ2) is 9.42. The van der Waals surface area contributed by atoms with Gasteiger partial charge in [-0.05, 0) is 49.7 Å². The number of hydrogen-bond donors (Lipinski definition) is 3. The smallest absolute Gasteiger partial charge is 0.240 e. The number of nitrogens with two attached hydrogens (primary N) is 2. The van der Waals surface area contributed by atoms with E-state index in [0.717, 1.165) is 22.1 Å². The van der Waals surface area contributed by atoms with E-state index in [1.807, 2.05) is 38.1 Å². The molecule has 22 heavy (non-hydrogen) atoms. The summed E-state index contributed by atoms with van der Waals surface area (Å²) >= 11 is 7.55. The van der Waals surface area contributed by atoms with Gasteiger partial charge < -0.3 is 16.3 Å². The predicted molar refractivity (Wildman–Crippen MR) is 93.3 cm³/mol. The fourth-order valence-electron chi connectivity index (χ4n) is 1.67. The molecule has 1 aromatic carbocycles. The lowest BCUT2D eigenvalue weighted by molar-refractivity contribution is 0.141. The van der Waals surface area contributed by atoms with E-state index in [9.17, 15) is 0 Å². The summed E-state index contributed by atoms with van der Waals surface area (Å²) in [6, 6.07) is 7.65. The number of halogens is 1. The van der Waals surface area contributed by atoms with Gasteiger partial charge in [0, 0.05) is 21.7 Å². The van der Waals surface area contributed by atoms with Gasteiger partial charge >= 0.3 is 0 Å². The van der Waals surface area contributed by atoms with Crippen LogP contribution in [-0.4, -0.2) is 35.2 Å². The van der Waals surface area contributed by atoms with Crippen molar-refractivity contribution in [2.45, 2.75) is 31.2 Å². The van der Waals surface area contributed by atoms with Crippen LogP contribution in [0.25, 0.3) is 0 Å². The summed E-state index contributed by atoms with van der Waals surface area (Å²) in [6.45, 7) is 4.18. The molecule has 0 amide bonds. The second-order valence-electron chi connectivity index (χ2n) is 4.79. The topological polar surface area (TPSA) is 101 Å². The van der Waals surface area contributed by atoms with Crippen LogP contribution in [-0.2, 0) is 4.84 Å². The van der Waals surface area contributed by atoms with Gasteiger partial charge in [-0.3, -0.25) is 10.3 Å². The lowest BCUT2D eigenvalue weighted by atomic mass is 10.3.